The predicted octanol–water partition coefficient (Wildman–Crippen LogP) is 1.99. The van der Waals surface area contributed by atoms with Gasteiger partial charge in [-0.3, -0.25) is 19.7 Å². The van der Waals surface area contributed by atoms with Crippen molar-refractivity contribution in [2.75, 3.05) is 36.8 Å². The summed E-state index contributed by atoms with van der Waals surface area (Å²) in [7, 11) is 0. The molecule has 4 heterocycles. The van der Waals surface area contributed by atoms with Crippen molar-refractivity contribution in [3.05, 3.63) is 53.2 Å². The summed E-state index contributed by atoms with van der Waals surface area (Å²) in [6.07, 6.45) is 8.39. The van der Waals surface area contributed by atoms with Crippen molar-refractivity contribution < 1.29 is 19.2 Å². The normalized spacial score (nSPS) is 27.4. The maximum atomic E-state index is 12.9. The van der Waals surface area contributed by atoms with Crippen LogP contribution in [0, 0.1) is 17.8 Å². The highest BCUT2D eigenvalue weighted by Gasteiger charge is 2.39. The molecule has 3 aliphatic heterocycles. The van der Waals surface area contributed by atoms with Crippen LogP contribution in [0.5, 0.6) is 0 Å². The molecule has 1 aromatic carbocycles. The number of fused-ring (bicyclic) bond motifs is 1. The van der Waals surface area contributed by atoms with Crippen molar-refractivity contribution in [3.8, 4) is 11.8 Å². The maximum absolute atomic E-state index is 12.9. The molecular formula is C35H42N8O4. The number of amides is 5. The fourth-order valence-electron chi connectivity index (χ4n) is 7.44. The van der Waals surface area contributed by atoms with Gasteiger partial charge >= 0.3 is 6.03 Å². The van der Waals surface area contributed by atoms with Crippen LogP contribution >= 0.6 is 0 Å². The third-order valence-corrected chi connectivity index (χ3v) is 10.3. The van der Waals surface area contributed by atoms with E-state index in [1.165, 1.54) is 0 Å². The van der Waals surface area contributed by atoms with Crippen molar-refractivity contribution in [2.45, 2.75) is 82.1 Å². The molecule has 2 aromatic rings. The average molecular weight is 639 g/mol. The number of rotatable bonds is 5. The summed E-state index contributed by atoms with van der Waals surface area (Å²) >= 11 is 0. The van der Waals surface area contributed by atoms with Crippen molar-refractivity contribution in [1.82, 2.24) is 30.7 Å². The van der Waals surface area contributed by atoms with Crippen LogP contribution in [0.3, 0.4) is 0 Å². The summed E-state index contributed by atoms with van der Waals surface area (Å²) in [5, 5.41) is 9.43. The number of imide groups is 1. The van der Waals surface area contributed by atoms with Crippen molar-refractivity contribution in [2.24, 2.45) is 5.92 Å². The Morgan fingerprint density at radius 2 is 1.70 bits per heavy atom. The number of nitrogens with zero attached hydrogens (tertiary/aromatic N) is 4. The highest BCUT2D eigenvalue weighted by molar-refractivity contribution is 6.05. The largest absolute Gasteiger partial charge is 0.397 e. The van der Waals surface area contributed by atoms with Gasteiger partial charge in [0.1, 0.15) is 11.9 Å². The molecule has 12 nitrogen and oxygen atoms in total. The lowest BCUT2D eigenvalue weighted by molar-refractivity contribution is -0.136. The van der Waals surface area contributed by atoms with Crippen molar-refractivity contribution >= 4 is 35.3 Å². The van der Waals surface area contributed by atoms with E-state index in [1.54, 1.807) is 17.2 Å². The molecule has 0 spiro atoms. The minimum absolute atomic E-state index is 0.0355. The number of piperidine rings is 1. The highest BCUT2D eigenvalue weighted by atomic mass is 16.2. The SMILES string of the molecule is Nc1ccc(N2CCN(C(=O)NC3CCC(NC4CC(C#Cc5ccc6c(c5)CN(C5CCC(=O)NC5=O)C6=O)C4)CC3)CC2)nc1. The van der Waals surface area contributed by atoms with Gasteiger partial charge in [0, 0.05) is 74.3 Å². The van der Waals surface area contributed by atoms with Gasteiger partial charge in [0.25, 0.3) is 5.91 Å². The van der Waals surface area contributed by atoms with E-state index >= 15 is 0 Å². The molecule has 1 aromatic heterocycles. The molecule has 0 radical (unpaired) electrons. The Balaban J connectivity index is 0.807. The van der Waals surface area contributed by atoms with Gasteiger partial charge in [-0.05, 0) is 80.8 Å². The predicted molar refractivity (Wildman–Crippen MR) is 176 cm³/mol. The Morgan fingerprint density at radius 1 is 0.936 bits per heavy atom. The van der Waals surface area contributed by atoms with Crippen LogP contribution in [-0.4, -0.2) is 88.9 Å². The van der Waals surface area contributed by atoms with Gasteiger partial charge in [-0.1, -0.05) is 11.8 Å². The summed E-state index contributed by atoms with van der Waals surface area (Å²) in [6, 6.07) is 10.0. The van der Waals surface area contributed by atoms with Crippen LogP contribution in [-0.2, 0) is 16.1 Å². The number of aromatic nitrogens is 1. The number of pyridine rings is 1. The third-order valence-electron chi connectivity index (χ3n) is 10.3. The second kappa shape index (κ2) is 13.2. The molecule has 2 aliphatic carbocycles. The second-order valence-corrected chi connectivity index (χ2v) is 13.5. The van der Waals surface area contributed by atoms with Gasteiger partial charge in [-0.15, -0.1) is 0 Å². The van der Waals surface area contributed by atoms with E-state index in [9.17, 15) is 19.2 Å². The standard InChI is InChI=1S/C35H42N8O4/c36-25-4-11-31(37-20-25)41-13-15-42(16-14-41)35(47)39-27-7-5-26(6-8-27)38-28-18-23(19-28)2-1-22-3-9-29-24(17-22)21-43(34(29)46)30-10-12-32(44)40-33(30)45/h3-4,9,11,17,20,23,26-28,30,38H,5-8,10,12-16,18-19,21,36H2,(H,39,47)(H,40,44,45). The summed E-state index contributed by atoms with van der Waals surface area (Å²) in [6.45, 7) is 3.23. The summed E-state index contributed by atoms with van der Waals surface area (Å²) in [5.74, 6) is 7.10. The number of nitrogens with two attached hydrogens (primary N) is 1. The van der Waals surface area contributed by atoms with Gasteiger partial charge < -0.3 is 31.1 Å². The van der Waals surface area contributed by atoms with E-state index in [0.717, 1.165) is 68.6 Å². The van der Waals surface area contributed by atoms with Gasteiger partial charge in [0.15, 0.2) is 0 Å². The smallest absolute Gasteiger partial charge is 0.317 e. The van der Waals surface area contributed by atoms with Gasteiger partial charge in [-0.25, -0.2) is 9.78 Å². The van der Waals surface area contributed by atoms with E-state index < -0.39 is 11.9 Å². The van der Waals surface area contributed by atoms with Crippen LogP contribution in [0.25, 0.3) is 0 Å². The van der Waals surface area contributed by atoms with Gasteiger partial charge in [0.2, 0.25) is 11.8 Å². The van der Waals surface area contributed by atoms with Crippen LogP contribution in [0.2, 0.25) is 0 Å². The average Bonchev–Trinajstić information content (AvgIpc) is 3.38. The molecule has 7 rings (SSSR count). The molecular weight excluding hydrogens is 596 g/mol. The van der Waals surface area contributed by atoms with Crippen LogP contribution in [0.15, 0.2) is 36.5 Å². The number of piperazine rings is 1. The lowest BCUT2D eigenvalue weighted by atomic mass is 9.79. The zero-order chi connectivity index (χ0) is 32.5. The van der Waals surface area contributed by atoms with E-state index in [1.807, 2.05) is 29.2 Å². The van der Waals surface area contributed by atoms with Crippen molar-refractivity contribution in [1.29, 1.82) is 0 Å². The molecule has 2 saturated carbocycles. The first-order valence-corrected chi connectivity index (χ1v) is 16.9. The van der Waals surface area contributed by atoms with Crippen molar-refractivity contribution in [3.63, 3.8) is 0 Å². The number of nitrogen functional groups attached to an aromatic ring is 1. The van der Waals surface area contributed by atoms with E-state index in [4.69, 9.17) is 5.73 Å². The molecule has 1 atom stereocenters. The molecule has 5 N–H and O–H groups in total. The molecule has 1 unspecified atom stereocenters. The first-order valence-electron chi connectivity index (χ1n) is 16.9. The first-order chi connectivity index (χ1) is 22.8. The number of hydrogen-bond donors (Lipinski definition) is 4. The monoisotopic (exact) mass is 638 g/mol. The third kappa shape index (κ3) is 6.90. The van der Waals surface area contributed by atoms with Gasteiger partial charge in [0.05, 0.1) is 11.9 Å². The number of hydrogen-bond acceptors (Lipinski definition) is 8. The number of nitrogens with one attached hydrogen (secondary N) is 3. The van der Waals surface area contributed by atoms with Crippen LogP contribution in [0.1, 0.15) is 72.9 Å². The molecule has 47 heavy (non-hydrogen) atoms. The number of urea groups is 1. The minimum Gasteiger partial charge on any atom is -0.397 e. The molecule has 4 fully saturated rings. The molecule has 246 valence electrons. The fourth-order valence-corrected chi connectivity index (χ4v) is 7.44. The molecule has 5 aliphatic rings. The topological polar surface area (TPSA) is 153 Å². The number of benzene rings is 1. The Bertz CT molecular complexity index is 1600. The maximum Gasteiger partial charge on any atom is 0.317 e. The Hall–Kier alpha value is -4.63. The quantitative estimate of drug-likeness (QED) is 0.287. The molecule has 2 saturated heterocycles. The summed E-state index contributed by atoms with van der Waals surface area (Å²) < 4.78 is 0. The number of carbonyl (C=O) groups excluding carboxylic acids is 4. The molecule has 5 amide bonds. The van der Waals surface area contributed by atoms with Gasteiger partial charge in [-0.2, -0.15) is 0 Å². The zero-order valence-electron chi connectivity index (χ0n) is 26.5. The Morgan fingerprint density at radius 3 is 2.43 bits per heavy atom. The zero-order valence-corrected chi connectivity index (χ0v) is 26.5. The molecule has 0 bridgehead atoms. The number of anilines is 2. The lowest BCUT2D eigenvalue weighted by Crippen LogP contribution is -2.54. The summed E-state index contributed by atoms with van der Waals surface area (Å²) in [4.78, 5) is 59.8. The number of carbonyl (C=O) groups is 4. The molecule has 12 heteroatoms. The van der Waals surface area contributed by atoms with Crippen LogP contribution < -0.4 is 26.6 Å². The van der Waals surface area contributed by atoms with E-state index in [-0.39, 0.29) is 30.3 Å². The second-order valence-electron chi connectivity index (χ2n) is 13.5. The summed E-state index contributed by atoms with van der Waals surface area (Å²) in [5.41, 5.74) is 8.75. The highest BCUT2D eigenvalue weighted by Crippen LogP contribution is 2.31. The lowest BCUT2D eigenvalue weighted by Gasteiger charge is -2.39. The Labute approximate surface area is 274 Å². The Kier molecular flexibility index (Phi) is 8.73. The van der Waals surface area contributed by atoms with Crippen LogP contribution in [0.4, 0.5) is 16.3 Å². The van der Waals surface area contributed by atoms with E-state index in [2.05, 4.69) is 37.7 Å². The minimum atomic E-state index is -0.609. The fraction of sp³-hybridized carbons (Fsp3) is 0.514. The van der Waals surface area contributed by atoms with E-state index in [0.29, 0.717) is 55.3 Å². The first kappa shape index (κ1) is 31.0.